The molecule has 0 heterocycles. The SMILES string of the molecule is CN(C)C(=O)c1ccc(NCCN(C(N)=O)C(=O)[CH]CC2CCCCC2)cc1. The molecular formula is C21H31N4O3. The Kier molecular flexibility index (Phi) is 8.29. The number of benzene rings is 1. The molecule has 1 aliphatic rings. The largest absolute Gasteiger partial charge is 0.383 e. The Morgan fingerprint density at radius 3 is 2.32 bits per heavy atom. The fourth-order valence-corrected chi connectivity index (χ4v) is 3.43. The van der Waals surface area contributed by atoms with Crippen LogP contribution in [0, 0.1) is 12.3 Å². The second-order valence-corrected chi connectivity index (χ2v) is 7.48. The highest BCUT2D eigenvalue weighted by molar-refractivity contribution is 5.98. The van der Waals surface area contributed by atoms with Gasteiger partial charge in [-0.25, -0.2) is 4.79 Å². The summed E-state index contributed by atoms with van der Waals surface area (Å²) in [5.41, 5.74) is 6.79. The molecule has 0 aromatic heterocycles. The van der Waals surface area contributed by atoms with Crippen molar-refractivity contribution < 1.29 is 14.4 Å². The van der Waals surface area contributed by atoms with Gasteiger partial charge in [-0.3, -0.25) is 14.5 Å². The van der Waals surface area contributed by atoms with E-state index in [1.165, 1.54) is 24.2 Å². The van der Waals surface area contributed by atoms with Crippen LogP contribution in [-0.2, 0) is 4.79 Å². The van der Waals surface area contributed by atoms with Gasteiger partial charge in [0.25, 0.3) is 5.91 Å². The average Bonchev–Trinajstić information content (AvgIpc) is 2.69. The third kappa shape index (κ3) is 6.55. The highest BCUT2D eigenvalue weighted by Crippen LogP contribution is 2.27. The van der Waals surface area contributed by atoms with Crippen molar-refractivity contribution >= 4 is 23.5 Å². The van der Waals surface area contributed by atoms with E-state index in [1.54, 1.807) is 44.8 Å². The molecule has 2 rings (SSSR count). The molecule has 1 aliphatic carbocycles. The Morgan fingerprint density at radius 1 is 1.11 bits per heavy atom. The number of amides is 4. The number of hydrogen-bond acceptors (Lipinski definition) is 4. The van der Waals surface area contributed by atoms with Crippen molar-refractivity contribution in [1.82, 2.24) is 9.80 Å². The van der Waals surface area contributed by atoms with E-state index >= 15 is 0 Å². The summed E-state index contributed by atoms with van der Waals surface area (Å²) in [7, 11) is 3.41. The van der Waals surface area contributed by atoms with Crippen molar-refractivity contribution in [2.45, 2.75) is 38.5 Å². The number of nitrogens with two attached hydrogens (primary N) is 1. The summed E-state index contributed by atoms with van der Waals surface area (Å²) >= 11 is 0. The van der Waals surface area contributed by atoms with E-state index in [0.29, 0.717) is 24.4 Å². The van der Waals surface area contributed by atoms with Gasteiger partial charge in [0.05, 0.1) is 6.42 Å². The van der Waals surface area contributed by atoms with E-state index in [-0.39, 0.29) is 18.4 Å². The van der Waals surface area contributed by atoms with Gasteiger partial charge in [0.2, 0.25) is 5.91 Å². The Bertz CT molecular complexity index is 667. The van der Waals surface area contributed by atoms with E-state index < -0.39 is 6.03 Å². The van der Waals surface area contributed by atoms with Gasteiger partial charge in [0, 0.05) is 38.4 Å². The minimum Gasteiger partial charge on any atom is -0.383 e. The molecule has 1 saturated carbocycles. The lowest BCUT2D eigenvalue weighted by atomic mass is 9.86. The maximum atomic E-state index is 12.4. The number of imide groups is 1. The van der Waals surface area contributed by atoms with E-state index in [0.717, 1.165) is 23.4 Å². The van der Waals surface area contributed by atoms with Gasteiger partial charge in [-0.05, 0) is 36.6 Å². The molecule has 153 valence electrons. The van der Waals surface area contributed by atoms with E-state index in [4.69, 9.17) is 5.73 Å². The van der Waals surface area contributed by atoms with Crippen LogP contribution in [0.5, 0.6) is 0 Å². The topological polar surface area (TPSA) is 95.7 Å². The van der Waals surface area contributed by atoms with E-state index in [1.807, 2.05) is 0 Å². The maximum absolute atomic E-state index is 12.4. The summed E-state index contributed by atoms with van der Waals surface area (Å²) < 4.78 is 0. The molecule has 4 amide bonds. The molecule has 0 atom stereocenters. The van der Waals surface area contributed by atoms with Crippen LogP contribution in [0.15, 0.2) is 24.3 Å². The lowest BCUT2D eigenvalue weighted by Crippen LogP contribution is -2.43. The van der Waals surface area contributed by atoms with Crippen molar-refractivity contribution in [2.24, 2.45) is 11.7 Å². The summed E-state index contributed by atoms with van der Waals surface area (Å²) in [6, 6.07) is 6.32. The predicted octanol–water partition coefficient (Wildman–Crippen LogP) is 2.88. The summed E-state index contributed by atoms with van der Waals surface area (Å²) in [5, 5.41) is 3.15. The van der Waals surface area contributed by atoms with Crippen LogP contribution in [-0.4, -0.2) is 54.8 Å². The van der Waals surface area contributed by atoms with Crippen LogP contribution < -0.4 is 11.1 Å². The van der Waals surface area contributed by atoms with Crippen LogP contribution in [0.2, 0.25) is 0 Å². The van der Waals surface area contributed by atoms with Gasteiger partial charge >= 0.3 is 6.03 Å². The molecule has 0 unspecified atom stereocenters. The number of hydrogen-bond donors (Lipinski definition) is 2. The maximum Gasteiger partial charge on any atom is 0.321 e. The Labute approximate surface area is 167 Å². The summed E-state index contributed by atoms with van der Waals surface area (Å²) in [4.78, 5) is 38.5. The Hall–Kier alpha value is -2.57. The molecule has 3 N–H and O–H groups in total. The van der Waals surface area contributed by atoms with Gasteiger partial charge in [0.15, 0.2) is 0 Å². The van der Waals surface area contributed by atoms with Crippen molar-refractivity contribution in [2.75, 3.05) is 32.5 Å². The molecule has 7 nitrogen and oxygen atoms in total. The molecule has 28 heavy (non-hydrogen) atoms. The van der Waals surface area contributed by atoms with Crippen LogP contribution in [0.25, 0.3) is 0 Å². The van der Waals surface area contributed by atoms with Gasteiger partial charge in [-0.2, -0.15) is 0 Å². The number of anilines is 1. The Morgan fingerprint density at radius 2 is 1.75 bits per heavy atom. The molecule has 7 heteroatoms. The second kappa shape index (κ2) is 10.7. The molecule has 0 spiro atoms. The molecule has 1 aromatic rings. The minimum atomic E-state index is -0.737. The fourth-order valence-electron chi connectivity index (χ4n) is 3.43. The first-order valence-corrected chi connectivity index (χ1v) is 9.88. The fraction of sp³-hybridized carbons (Fsp3) is 0.524. The van der Waals surface area contributed by atoms with Crippen molar-refractivity contribution in [3.63, 3.8) is 0 Å². The molecule has 1 aromatic carbocycles. The first kappa shape index (κ1) is 21.7. The molecule has 0 bridgehead atoms. The number of rotatable bonds is 8. The van der Waals surface area contributed by atoms with Gasteiger partial charge in [-0.1, -0.05) is 32.1 Å². The second-order valence-electron chi connectivity index (χ2n) is 7.48. The van der Waals surface area contributed by atoms with Crippen molar-refractivity contribution in [3.8, 4) is 0 Å². The van der Waals surface area contributed by atoms with Crippen LogP contribution >= 0.6 is 0 Å². The van der Waals surface area contributed by atoms with Gasteiger partial charge in [0.1, 0.15) is 0 Å². The summed E-state index contributed by atoms with van der Waals surface area (Å²) in [6.07, 6.45) is 8.31. The van der Waals surface area contributed by atoms with E-state index in [9.17, 15) is 14.4 Å². The zero-order valence-corrected chi connectivity index (χ0v) is 16.8. The zero-order valence-electron chi connectivity index (χ0n) is 16.8. The molecule has 0 saturated heterocycles. The highest BCUT2D eigenvalue weighted by atomic mass is 16.2. The molecule has 0 aliphatic heterocycles. The normalized spacial score (nSPS) is 14.4. The van der Waals surface area contributed by atoms with Crippen LogP contribution in [0.3, 0.4) is 0 Å². The predicted molar refractivity (Wildman–Crippen MR) is 110 cm³/mol. The number of nitrogens with one attached hydrogen (secondary N) is 1. The number of nitrogens with zero attached hydrogens (tertiary/aromatic N) is 2. The van der Waals surface area contributed by atoms with Crippen molar-refractivity contribution in [1.29, 1.82) is 0 Å². The zero-order chi connectivity index (χ0) is 20.5. The monoisotopic (exact) mass is 387 g/mol. The standard InChI is InChI=1S/C21H31N4O3/c1-24(2)20(27)17-9-11-18(12-10-17)23-14-15-25(21(22)28)19(26)13-8-16-6-4-3-5-7-16/h9-13,16,23H,3-8,14-15H2,1-2H3,(H2,22,28). The lowest BCUT2D eigenvalue weighted by Gasteiger charge is -2.23. The number of carbonyl (C=O) groups is 3. The average molecular weight is 388 g/mol. The van der Waals surface area contributed by atoms with Crippen molar-refractivity contribution in [3.05, 3.63) is 36.2 Å². The first-order valence-electron chi connectivity index (χ1n) is 9.88. The quantitative estimate of drug-likeness (QED) is 0.717. The first-order chi connectivity index (χ1) is 13.4. The van der Waals surface area contributed by atoms with Gasteiger partial charge in [-0.15, -0.1) is 0 Å². The Balaban J connectivity index is 1.79. The van der Waals surface area contributed by atoms with Crippen LogP contribution in [0.1, 0.15) is 48.9 Å². The molecule has 1 fully saturated rings. The third-order valence-electron chi connectivity index (χ3n) is 5.09. The molecule has 1 radical (unpaired) electrons. The highest BCUT2D eigenvalue weighted by Gasteiger charge is 2.21. The van der Waals surface area contributed by atoms with E-state index in [2.05, 4.69) is 5.32 Å². The lowest BCUT2D eigenvalue weighted by molar-refractivity contribution is -0.124. The van der Waals surface area contributed by atoms with Crippen LogP contribution in [0.4, 0.5) is 10.5 Å². The number of primary amides is 1. The molecular weight excluding hydrogens is 356 g/mol. The number of urea groups is 1. The number of carbonyl (C=O) groups excluding carboxylic acids is 3. The summed E-state index contributed by atoms with van der Waals surface area (Å²) in [5.74, 6) is 0.145. The minimum absolute atomic E-state index is 0.0643. The summed E-state index contributed by atoms with van der Waals surface area (Å²) in [6.45, 7) is 0.570. The van der Waals surface area contributed by atoms with Gasteiger partial charge < -0.3 is 16.0 Å². The smallest absolute Gasteiger partial charge is 0.321 e. The third-order valence-corrected chi connectivity index (χ3v) is 5.09.